The van der Waals surface area contributed by atoms with Gasteiger partial charge in [-0.3, -0.25) is 4.79 Å². The second-order valence-corrected chi connectivity index (χ2v) is 5.65. The number of nitrogens with one attached hydrogen (secondary N) is 1. The number of hydrogen-bond acceptors (Lipinski definition) is 2. The summed E-state index contributed by atoms with van der Waals surface area (Å²) in [5.41, 5.74) is 2.63. The Labute approximate surface area is 107 Å². The minimum absolute atomic E-state index is 0.176. The average molecular weight is 249 g/mol. The van der Waals surface area contributed by atoms with Crippen molar-refractivity contribution in [2.75, 3.05) is 12.3 Å². The first-order valence-corrected chi connectivity index (χ1v) is 7.30. The molecule has 17 heavy (non-hydrogen) atoms. The molecular formula is C14H19NOS. The second-order valence-electron chi connectivity index (χ2n) is 4.67. The van der Waals surface area contributed by atoms with Gasteiger partial charge in [0.05, 0.1) is 5.75 Å². The van der Waals surface area contributed by atoms with Crippen LogP contribution in [0.4, 0.5) is 0 Å². The van der Waals surface area contributed by atoms with Crippen LogP contribution in [0.1, 0.15) is 24.0 Å². The number of aryl methyl sites for hydroxylation is 1. The number of amides is 1. The van der Waals surface area contributed by atoms with Gasteiger partial charge in [-0.15, -0.1) is 11.8 Å². The van der Waals surface area contributed by atoms with E-state index >= 15 is 0 Å². The molecule has 0 atom stereocenters. The van der Waals surface area contributed by atoms with Crippen molar-refractivity contribution >= 4 is 17.7 Å². The summed E-state index contributed by atoms with van der Waals surface area (Å²) in [4.78, 5) is 11.5. The number of carbonyl (C=O) groups excluding carboxylic acids is 1. The molecule has 1 aromatic carbocycles. The molecule has 1 aliphatic carbocycles. The third kappa shape index (κ3) is 4.43. The van der Waals surface area contributed by atoms with Crippen LogP contribution in [0, 0.1) is 12.8 Å². The van der Waals surface area contributed by atoms with Crippen LogP contribution in [0.25, 0.3) is 0 Å². The zero-order valence-electron chi connectivity index (χ0n) is 10.2. The Balaban J connectivity index is 1.64. The molecule has 0 heterocycles. The summed E-state index contributed by atoms with van der Waals surface area (Å²) in [6, 6.07) is 8.34. The first-order valence-electron chi connectivity index (χ1n) is 6.14. The van der Waals surface area contributed by atoms with E-state index in [1.54, 1.807) is 11.8 Å². The normalized spacial score (nSPS) is 14.6. The molecule has 1 fully saturated rings. The maximum absolute atomic E-state index is 11.5. The standard InChI is InChI=1S/C14H19NOS/c1-11-4-2-3-5-13(11)9-17-10-14(16)15-8-12-6-7-12/h2-5,12H,6-10H2,1H3,(H,15,16). The molecular weight excluding hydrogens is 230 g/mol. The maximum Gasteiger partial charge on any atom is 0.230 e. The van der Waals surface area contributed by atoms with E-state index in [4.69, 9.17) is 0 Å². The van der Waals surface area contributed by atoms with Crippen LogP contribution in [0.5, 0.6) is 0 Å². The van der Waals surface area contributed by atoms with Gasteiger partial charge in [0.25, 0.3) is 0 Å². The highest BCUT2D eigenvalue weighted by atomic mass is 32.2. The lowest BCUT2D eigenvalue weighted by Gasteiger charge is -2.06. The SMILES string of the molecule is Cc1ccccc1CSCC(=O)NCC1CC1. The van der Waals surface area contributed by atoms with Crippen molar-refractivity contribution in [1.82, 2.24) is 5.32 Å². The van der Waals surface area contributed by atoms with E-state index in [0.29, 0.717) is 5.75 Å². The molecule has 0 aliphatic heterocycles. The van der Waals surface area contributed by atoms with Gasteiger partial charge in [0.1, 0.15) is 0 Å². The summed E-state index contributed by atoms with van der Waals surface area (Å²) < 4.78 is 0. The van der Waals surface area contributed by atoms with E-state index < -0.39 is 0 Å². The van der Waals surface area contributed by atoms with E-state index in [9.17, 15) is 4.79 Å². The topological polar surface area (TPSA) is 29.1 Å². The van der Waals surface area contributed by atoms with E-state index in [1.807, 2.05) is 6.07 Å². The van der Waals surface area contributed by atoms with Crippen LogP contribution in [0.2, 0.25) is 0 Å². The van der Waals surface area contributed by atoms with Gasteiger partial charge in [-0.1, -0.05) is 24.3 Å². The molecule has 0 aromatic heterocycles. The summed E-state index contributed by atoms with van der Waals surface area (Å²) in [5, 5.41) is 2.99. The van der Waals surface area contributed by atoms with Crippen LogP contribution in [-0.4, -0.2) is 18.2 Å². The molecule has 0 radical (unpaired) electrons. The molecule has 3 heteroatoms. The van der Waals surface area contributed by atoms with Crippen molar-refractivity contribution in [1.29, 1.82) is 0 Å². The number of carbonyl (C=O) groups is 1. The van der Waals surface area contributed by atoms with Crippen molar-refractivity contribution in [3.05, 3.63) is 35.4 Å². The Kier molecular flexibility index (Phi) is 4.49. The molecule has 0 bridgehead atoms. The van der Waals surface area contributed by atoms with Gasteiger partial charge in [0.2, 0.25) is 5.91 Å². The smallest absolute Gasteiger partial charge is 0.230 e. The van der Waals surface area contributed by atoms with Gasteiger partial charge in [0.15, 0.2) is 0 Å². The molecule has 1 amide bonds. The zero-order valence-corrected chi connectivity index (χ0v) is 11.1. The first kappa shape index (κ1) is 12.5. The van der Waals surface area contributed by atoms with Crippen LogP contribution in [0.15, 0.2) is 24.3 Å². The predicted octanol–water partition coefficient (Wildman–Crippen LogP) is 2.75. The summed E-state index contributed by atoms with van der Waals surface area (Å²) in [6.07, 6.45) is 2.58. The molecule has 0 spiro atoms. The highest BCUT2D eigenvalue weighted by molar-refractivity contribution is 7.99. The molecule has 0 unspecified atom stereocenters. The number of hydrogen-bond donors (Lipinski definition) is 1. The molecule has 1 aromatic rings. The number of thioether (sulfide) groups is 1. The lowest BCUT2D eigenvalue weighted by Crippen LogP contribution is -2.27. The Morgan fingerprint density at radius 2 is 2.18 bits per heavy atom. The monoisotopic (exact) mass is 249 g/mol. The molecule has 0 saturated heterocycles. The summed E-state index contributed by atoms with van der Waals surface area (Å²) >= 11 is 1.69. The third-order valence-electron chi connectivity index (χ3n) is 3.04. The second kappa shape index (κ2) is 6.10. The highest BCUT2D eigenvalue weighted by Gasteiger charge is 2.21. The molecule has 1 N–H and O–H groups in total. The quantitative estimate of drug-likeness (QED) is 0.840. The minimum Gasteiger partial charge on any atom is -0.355 e. The molecule has 2 nitrogen and oxygen atoms in total. The van der Waals surface area contributed by atoms with Crippen molar-refractivity contribution in [3.63, 3.8) is 0 Å². The maximum atomic E-state index is 11.5. The summed E-state index contributed by atoms with van der Waals surface area (Å²) in [7, 11) is 0. The first-order chi connectivity index (χ1) is 8.25. The lowest BCUT2D eigenvalue weighted by atomic mass is 10.1. The van der Waals surface area contributed by atoms with Gasteiger partial charge in [-0.05, 0) is 36.8 Å². The van der Waals surface area contributed by atoms with E-state index in [-0.39, 0.29) is 5.91 Å². The average Bonchev–Trinajstić information content (AvgIpc) is 3.13. The van der Waals surface area contributed by atoms with Gasteiger partial charge in [-0.25, -0.2) is 0 Å². The van der Waals surface area contributed by atoms with Gasteiger partial charge in [0, 0.05) is 12.3 Å². The summed E-state index contributed by atoms with van der Waals surface area (Å²) in [5.74, 6) is 2.43. The number of benzene rings is 1. The zero-order chi connectivity index (χ0) is 12.1. The Hall–Kier alpha value is -0.960. The lowest BCUT2D eigenvalue weighted by molar-refractivity contribution is -0.118. The molecule has 2 rings (SSSR count). The summed E-state index contributed by atoms with van der Waals surface area (Å²) in [6.45, 7) is 2.99. The predicted molar refractivity (Wildman–Crippen MR) is 73.1 cm³/mol. The highest BCUT2D eigenvalue weighted by Crippen LogP contribution is 2.27. The van der Waals surface area contributed by atoms with Crippen LogP contribution in [0.3, 0.4) is 0 Å². The van der Waals surface area contributed by atoms with Crippen molar-refractivity contribution in [2.45, 2.75) is 25.5 Å². The Morgan fingerprint density at radius 3 is 2.88 bits per heavy atom. The fraction of sp³-hybridized carbons (Fsp3) is 0.500. The Morgan fingerprint density at radius 1 is 1.41 bits per heavy atom. The van der Waals surface area contributed by atoms with Crippen LogP contribution >= 0.6 is 11.8 Å². The van der Waals surface area contributed by atoms with Gasteiger partial charge < -0.3 is 5.32 Å². The minimum atomic E-state index is 0.176. The van der Waals surface area contributed by atoms with Gasteiger partial charge >= 0.3 is 0 Å². The van der Waals surface area contributed by atoms with E-state index in [0.717, 1.165) is 18.2 Å². The largest absolute Gasteiger partial charge is 0.355 e. The van der Waals surface area contributed by atoms with Crippen molar-refractivity contribution in [2.24, 2.45) is 5.92 Å². The van der Waals surface area contributed by atoms with Crippen LogP contribution < -0.4 is 5.32 Å². The van der Waals surface area contributed by atoms with Crippen molar-refractivity contribution in [3.8, 4) is 0 Å². The number of rotatable bonds is 6. The van der Waals surface area contributed by atoms with Gasteiger partial charge in [-0.2, -0.15) is 0 Å². The molecule has 1 aliphatic rings. The molecule has 1 saturated carbocycles. The molecule has 92 valence electrons. The van der Waals surface area contributed by atoms with E-state index in [2.05, 4.69) is 30.4 Å². The van der Waals surface area contributed by atoms with Crippen LogP contribution in [-0.2, 0) is 10.5 Å². The van der Waals surface area contributed by atoms with Crippen molar-refractivity contribution < 1.29 is 4.79 Å². The Bertz CT molecular complexity index is 388. The fourth-order valence-electron chi connectivity index (χ4n) is 1.66. The third-order valence-corrected chi connectivity index (χ3v) is 4.02. The van der Waals surface area contributed by atoms with E-state index in [1.165, 1.54) is 24.0 Å². The fourth-order valence-corrected chi connectivity index (χ4v) is 2.59.